The molecule has 3 rings (SSSR count). The zero-order chi connectivity index (χ0) is 18.0. The predicted octanol–water partition coefficient (Wildman–Crippen LogP) is 3.98. The van der Waals surface area contributed by atoms with Crippen LogP contribution in [-0.2, 0) is 6.42 Å². The minimum absolute atomic E-state index is 0.0692. The average molecular weight is 337 g/mol. The SMILES string of the molecule is CCCCc1ccc(N=C2CC(=O)c3c(O)ccc(O)c3C2=O)cc1. The fraction of sp³-hybridized carbons (Fsp3) is 0.250. The third kappa shape index (κ3) is 3.31. The van der Waals surface area contributed by atoms with Crippen LogP contribution >= 0.6 is 0 Å². The fourth-order valence-electron chi connectivity index (χ4n) is 2.92. The Morgan fingerprint density at radius 2 is 1.60 bits per heavy atom. The molecule has 0 radical (unpaired) electrons. The highest BCUT2D eigenvalue weighted by atomic mass is 16.3. The van der Waals surface area contributed by atoms with Crippen molar-refractivity contribution in [1.82, 2.24) is 0 Å². The number of fused-ring (bicyclic) bond motifs is 1. The van der Waals surface area contributed by atoms with Crippen molar-refractivity contribution in [2.24, 2.45) is 4.99 Å². The second kappa shape index (κ2) is 6.89. The number of ketones is 2. The first-order valence-electron chi connectivity index (χ1n) is 8.30. The van der Waals surface area contributed by atoms with Crippen LogP contribution in [0.1, 0.15) is 52.5 Å². The van der Waals surface area contributed by atoms with Gasteiger partial charge in [-0.2, -0.15) is 0 Å². The summed E-state index contributed by atoms with van der Waals surface area (Å²) in [5.74, 6) is -1.58. The van der Waals surface area contributed by atoms with Crippen molar-refractivity contribution in [2.45, 2.75) is 32.6 Å². The summed E-state index contributed by atoms with van der Waals surface area (Å²) in [6, 6.07) is 9.95. The van der Waals surface area contributed by atoms with Crippen LogP contribution in [0.5, 0.6) is 11.5 Å². The van der Waals surface area contributed by atoms with E-state index in [-0.39, 0.29) is 34.8 Å². The first-order valence-corrected chi connectivity index (χ1v) is 8.30. The maximum atomic E-state index is 12.6. The van der Waals surface area contributed by atoms with Gasteiger partial charge in [0.15, 0.2) is 5.78 Å². The lowest BCUT2D eigenvalue weighted by molar-refractivity contribution is 0.0960. The van der Waals surface area contributed by atoms with E-state index in [0.717, 1.165) is 19.3 Å². The summed E-state index contributed by atoms with van der Waals surface area (Å²) >= 11 is 0. The topological polar surface area (TPSA) is 87.0 Å². The Bertz CT molecular complexity index is 866. The molecule has 0 saturated carbocycles. The van der Waals surface area contributed by atoms with Crippen LogP contribution in [0, 0.1) is 0 Å². The van der Waals surface area contributed by atoms with Crippen LogP contribution in [0.3, 0.4) is 0 Å². The van der Waals surface area contributed by atoms with Gasteiger partial charge in [0.2, 0.25) is 5.78 Å². The predicted molar refractivity (Wildman–Crippen MR) is 95.2 cm³/mol. The molecule has 0 bridgehead atoms. The van der Waals surface area contributed by atoms with E-state index in [1.54, 1.807) is 0 Å². The van der Waals surface area contributed by atoms with E-state index in [2.05, 4.69) is 11.9 Å². The van der Waals surface area contributed by atoms with E-state index in [1.165, 1.54) is 17.7 Å². The largest absolute Gasteiger partial charge is 0.507 e. The van der Waals surface area contributed by atoms with Crippen molar-refractivity contribution in [3.8, 4) is 11.5 Å². The van der Waals surface area contributed by atoms with Gasteiger partial charge in [0.05, 0.1) is 28.9 Å². The molecule has 0 unspecified atom stereocenters. The Balaban J connectivity index is 1.93. The summed E-state index contributed by atoms with van der Waals surface area (Å²) in [6.45, 7) is 2.14. The zero-order valence-electron chi connectivity index (χ0n) is 14.0. The number of hydrogen-bond acceptors (Lipinski definition) is 5. The molecule has 0 amide bonds. The molecular weight excluding hydrogens is 318 g/mol. The molecule has 0 heterocycles. The van der Waals surface area contributed by atoms with Crippen LogP contribution in [0.25, 0.3) is 0 Å². The zero-order valence-corrected chi connectivity index (χ0v) is 14.0. The molecule has 2 N–H and O–H groups in total. The number of phenolic OH excluding ortho intramolecular Hbond substituents is 2. The molecule has 5 nitrogen and oxygen atoms in total. The van der Waals surface area contributed by atoms with Crippen LogP contribution in [0.15, 0.2) is 41.4 Å². The molecule has 0 spiro atoms. The quantitative estimate of drug-likeness (QED) is 0.826. The minimum atomic E-state index is -0.530. The summed E-state index contributed by atoms with van der Waals surface area (Å²) in [6.07, 6.45) is 3.03. The maximum absolute atomic E-state index is 12.6. The van der Waals surface area contributed by atoms with Crippen molar-refractivity contribution < 1.29 is 19.8 Å². The fourth-order valence-corrected chi connectivity index (χ4v) is 2.92. The maximum Gasteiger partial charge on any atom is 0.212 e. The van der Waals surface area contributed by atoms with Crippen LogP contribution in [0.2, 0.25) is 0 Å². The van der Waals surface area contributed by atoms with Crippen molar-refractivity contribution in [3.63, 3.8) is 0 Å². The van der Waals surface area contributed by atoms with Gasteiger partial charge in [0.1, 0.15) is 11.5 Å². The van der Waals surface area contributed by atoms with E-state index in [0.29, 0.717) is 5.69 Å². The molecule has 2 aromatic rings. The van der Waals surface area contributed by atoms with Gasteiger partial charge in [-0.25, -0.2) is 4.99 Å². The second-order valence-electron chi connectivity index (χ2n) is 6.11. The number of phenols is 2. The number of aryl methyl sites for hydroxylation is 1. The highest BCUT2D eigenvalue weighted by Gasteiger charge is 2.34. The van der Waals surface area contributed by atoms with E-state index < -0.39 is 11.6 Å². The molecule has 0 saturated heterocycles. The number of nitrogens with zero attached hydrogens (tertiary/aromatic N) is 1. The Morgan fingerprint density at radius 1 is 0.960 bits per heavy atom. The normalized spacial score (nSPS) is 15.5. The number of aromatic hydroxyl groups is 2. The molecule has 5 heteroatoms. The first kappa shape index (κ1) is 16.9. The lowest BCUT2D eigenvalue weighted by Gasteiger charge is -2.17. The van der Waals surface area contributed by atoms with Crippen molar-refractivity contribution in [2.75, 3.05) is 0 Å². The van der Waals surface area contributed by atoms with E-state index >= 15 is 0 Å². The van der Waals surface area contributed by atoms with E-state index in [4.69, 9.17) is 0 Å². The van der Waals surface area contributed by atoms with Gasteiger partial charge >= 0.3 is 0 Å². The van der Waals surface area contributed by atoms with Crippen molar-refractivity contribution in [3.05, 3.63) is 53.1 Å². The molecule has 0 atom stereocenters. The standard InChI is InChI=1S/C20H19NO4/c1-2-3-4-12-5-7-13(8-6-12)21-14-11-17(24)18-15(22)9-10-16(23)19(18)20(14)25/h5-10,22-23H,2-4,11H2,1H3. The van der Waals surface area contributed by atoms with Gasteiger partial charge in [-0.3, -0.25) is 9.59 Å². The van der Waals surface area contributed by atoms with Crippen LogP contribution in [0.4, 0.5) is 5.69 Å². The Labute approximate surface area is 145 Å². The lowest BCUT2D eigenvalue weighted by atomic mass is 9.86. The van der Waals surface area contributed by atoms with Crippen molar-refractivity contribution in [1.29, 1.82) is 0 Å². The molecule has 128 valence electrons. The smallest absolute Gasteiger partial charge is 0.212 e. The van der Waals surface area contributed by atoms with Crippen molar-refractivity contribution >= 4 is 23.0 Å². The highest BCUT2D eigenvalue weighted by molar-refractivity contribution is 6.53. The molecule has 0 aliphatic heterocycles. The second-order valence-corrected chi connectivity index (χ2v) is 6.11. The number of carbonyl (C=O) groups is 2. The van der Waals surface area contributed by atoms with Gasteiger partial charge in [0.25, 0.3) is 0 Å². The first-order chi connectivity index (χ1) is 12.0. The molecule has 2 aromatic carbocycles. The van der Waals surface area contributed by atoms with Gasteiger partial charge in [-0.15, -0.1) is 0 Å². The number of Topliss-reactive ketones (excluding diaryl/α,β-unsaturated/α-hetero) is 2. The highest BCUT2D eigenvalue weighted by Crippen LogP contribution is 2.34. The summed E-state index contributed by atoms with van der Waals surface area (Å²) < 4.78 is 0. The summed E-state index contributed by atoms with van der Waals surface area (Å²) in [4.78, 5) is 29.2. The average Bonchev–Trinajstić information content (AvgIpc) is 2.60. The van der Waals surface area contributed by atoms with Gasteiger partial charge in [-0.05, 0) is 42.7 Å². The minimum Gasteiger partial charge on any atom is -0.507 e. The third-order valence-corrected chi connectivity index (χ3v) is 4.28. The third-order valence-electron chi connectivity index (χ3n) is 4.28. The molecule has 0 fully saturated rings. The summed E-state index contributed by atoms with van der Waals surface area (Å²) in [7, 11) is 0. The lowest BCUT2D eigenvalue weighted by Crippen LogP contribution is -2.27. The number of carbonyl (C=O) groups excluding carboxylic acids is 2. The summed E-state index contributed by atoms with van der Waals surface area (Å²) in [5, 5.41) is 19.8. The molecular formula is C20H19NO4. The monoisotopic (exact) mass is 337 g/mol. The van der Waals surface area contributed by atoms with Gasteiger partial charge < -0.3 is 10.2 Å². The van der Waals surface area contributed by atoms with Gasteiger partial charge in [-0.1, -0.05) is 25.5 Å². The van der Waals surface area contributed by atoms with Crippen LogP contribution in [-0.4, -0.2) is 27.5 Å². The Morgan fingerprint density at radius 3 is 2.24 bits per heavy atom. The number of benzene rings is 2. The van der Waals surface area contributed by atoms with Crippen LogP contribution < -0.4 is 0 Å². The Kier molecular flexibility index (Phi) is 4.65. The molecule has 1 aliphatic carbocycles. The van der Waals surface area contributed by atoms with Gasteiger partial charge in [0, 0.05) is 0 Å². The molecule has 25 heavy (non-hydrogen) atoms. The number of rotatable bonds is 4. The Hall–Kier alpha value is -2.95. The number of aliphatic imine (C=N–C) groups is 1. The molecule has 0 aromatic heterocycles. The summed E-state index contributed by atoms with van der Waals surface area (Å²) in [5.41, 5.74) is 1.55. The number of hydrogen-bond donors (Lipinski definition) is 2. The van der Waals surface area contributed by atoms with E-state index in [1.807, 2.05) is 24.3 Å². The van der Waals surface area contributed by atoms with E-state index in [9.17, 15) is 19.8 Å². The molecule has 1 aliphatic rings. The number of unbranched alkanes of at least 4 members (excludes halogenated alkanes) is 1.